The number of rotatable bonds is 2. The number of hydrogen-bond acceptors (Lipinski definition) is 4. The Hall–Kier alpha value is -2.76. The van der Waals surface area contributed by atoms with E-state index in [0.717, 1.165) is 0 Å². The molecule has 0 bridgehead atoms. The van der Waals surface area contributed by atoms with Crippen LogP contribution in [0.25, 0.3) is 0 Å². The van der Waals surface area contributed by atoms with Crippen LogP contribution in [0.2, 0.25) is 0 Å². The Morgan fingerprint density at radius 2 is 1.83 bits per heavy atom. The molecular formula is C12H8N4O2. The van der Waals surface area contributed by atoms with Crippen molar-refractivity contribution in [3.8, 4) is 0 Å². The molecule has 0 spiro atoms. The summed E-state index contributed by atoms with van der Waals surface area (Å²) in [5.74, 6) is 0. The molecule has 3 rings (SSSR count). The van der Waals surface area contributed by atoms with Gasteiger partial charge in [0.05, 0.1) is 0 Å². The van der Waals surface area contributed by atoms with E-state index in [1.54, 1.807) is 36.4 Å². The van der Waals surface area contributed by atoms with Crippen LogP contribution in [0.3, 0.4) is 0 Å². The minimum Gasteiger partial charge on any atom is -0.594 e. The second-order valence-electron chi connectivity index (χ2n) is 3.73. The van der Waals surface area contributed by atoms with Crippen molar-refractivity contribution in [2.45, 2.75) is 0 Å². The summed E-state index contributed by atoms with van der Waals surface area (Å²) in [6.45, 7) is 0. The Morgan fingerprint density at radius 1 is 1.06 bits per heavy atom. The normalized spacial score (nSPS) is 13.6. The predicted molar refractivity (Wildman–Crippen MR) is 63.6 cm³/mol. The van der Waals surface area contributed by atoms with E-state index >= 15 is 0 Å². The zero-order valence-corrected chi connectivity index (χ0v) is 9.22. The van der Waals surface area contributed by atoms with Gasteiger partial charge in [-0.05, 0) is 27.9 Å². The van der Waals surface area contributed by atoms with Crippen LogP contribution in [0.4, 0.5) is 22.7 Å². The van der Waals surface area contributed by atoms with Crippen LogP contribution in [0.5, 0.6) is 0 Å². The lowest BCUT2D eigenvalue weighted by molar-refractivity contribution is -0.482. The number of fused-ring (bicyclic) bond motifs is 1. The van der Waals surface area contributed by atoms with Crippen LogP contribution in [-0.4, -0.2) is 9.72 Å². The Labute approximate surface area is 102 Å². The first-order valence-electron chi connectivity index (χ1n) is 5.31. The molecule has 6 heteroatoms. The number of nitrogens with zero attached hydrogens (tertiary/aromatic N) is 4. The highest BCUT2D eigenvalue weighted by Gasteiger charge is 2.33. The van der Waals surface area contributed by atoms with Crippen molar-refractivity contribution in [1.29, 1.82) is 0 Å². The standard InChI is InChI=1S/C12H8N4O2/c17-15(13-9-5-2-1-3-6-9)11-8-4-7-10-12(11)16(18)14-10/h1-8H. The van der Waals surface area contributed by atoms with Crippen LogP contribution in [-0.2, 0) is 0 Å². The topological polar surface area (TPSA) is 76.9 Å². The zero-order valence-electron chi connectivity index (χ0n) is 9.22. The summed E-state index contributed by atoms with van der Waals surface area (Å²) in [5.41, 5.74) is 1.49. The second kappa shape index (κ2) is 3.92. The lowest BCUT2D eigenvalue weighted by atomic mass is 10.2. The Kier molecular flexibility index (Phi) is 2.26. The fourth-order valence-corrected chi connectivity index (χ4v) is 1.71. The summed E-state index contributed by atoms with van der Waals surface area (Å²) in [5, 5.41) is 30.6. The van der Waals surface area contributed by atoms with Gasteiger partial charge in [0.2, 0.25) is 5.69 Å². The van der Waals surface area contributed by atoms with Crippen LogP contribution in [0, 0.1) is 10.4 Å². The Balaban J connectivity index is 2.03. The summed E-state index contributed by atoms with van der Waals surface area (Å²) in [4.78, 5) is 0.865. The molecule has 1 aliphatic rings. The van der Waals surface area contributed by atoms with Gasteiger partial charge in [-0.3, -0.25) is 0 Å². The van der Waals surface area contributed by atoms with Crippen LogP contribution < -0.4 is 0 Å². The fraction of sp³-hybridized carbons (Fsp3) is 0. The first-order valence-corrected chi connectivity index (χ1v) is 5.31. The van der Waals surface area contributed by atoms with Gasteiger partial charge >= 0.3 is 11.4 Å². The molecular weight excluding hydrogens is 232 g/mol. The number of azo groups is 2. The van der Waals surface area contributed by atoms with Crippen LogP contribution in [0.15, 0.2) is 58.8 Å². The predicted octanol–water partition coefficient (Wildman–Crippen LogP) is 3.85. The van der Waals surface area contributed by atoms with E-state index in [2.05, 4.69) is 10.2 Å². The average molecular weight is 240 g/mol. The molecule has 0 fully saturated rings. The number of benzene rings is 2. The third-order valence-corrected chi connectivity index (χ3v) is 2.55. The molecule has 0 N–H and O–H groups in total. The molecule has 6 nitrogen and oxygen atoms in total. The van der Waals surface area contributed by atoms with Gasteiger partial charge in [0, 0.05) is 16.3 Å². The lowest BCUT2D eigenvalue weighted by Gasteiger charge is -2.10. The molecule has 0 saturated heterocycles. The molecule has 0 aromatic heterocycles. The molecule has 2 aromatic carbocycles. The third-order valence-electron chi connectivity index (χ3n) is 2.55. The molecule has 0 amide bonds. The summed E-state index contributed by atoms with van der Waals surface area (Å²) in [6.07, 6.45) is 0. The molecule has 18 heavy (non-hydrogen) atoms. The summed E-state index contributed by atoms with van der Waals surface area (Å²) >= 11 is 0. The molecule has 1 heterocycles. The molecule has 0 saturated carbocycles. The van der Waals surface area contributed by atoms with E-state index in [0.29, 0.717) is 21.1 Å². The van der Waals surface area contributed by atoms with Crippen molar-refractivity contribution >= 4 is 22.7 Å². The third kappa shape index (κ3) is 1.60. The first kappa shape index (κ1) is 10.4. The minimum atomic E-state index is 0.196. The SMILES string of the molecule is [O-][N+](=Nc1ccccc1)c1cccc2c1[N+]([O-])=N2. The maximum absolute atomic E-state index is 11.9. The maximum atomic E-state index is 11.9. The largest absolute Gasteiger partial charge is 0.594 e. The molecule has 1 aliphatic heterocycles. The fourth-order valence-electron chi connectivity index (χ4n) is 1.71. The minimum absolute atomic E-state index is 0.196. The van der Waals surface area contributed by atoms with Crippen molar-refractivity contribution in [3.05, 3.63) is 58.9 Å². The van der Waals surface area contributed by atoms with E-state index < -0.39 is 0 Å². The summed E-state index contributed by atoms with van der Waals surface area (Å²) < 4.78 is 0. The van der Waals surface area contributed by atoms with Gasteiger partial charge in [-0.2, -0.15) is 0 Å². The average Bonchev–Trinajstić information content (AvgIpc) is 2.38. The highest BCUT2D eigenvalue weighted by molar-refractivity contribution is 5.70. The van der Waals surface area contributed by atoms with Gasteiger partial charge in [-0.15, -0.1) is 0 Å². The second-order valence-corrected chi connectivity index (χ2v) is 3.73. The van der Waals surface area contributed by atoms with Crippen molar-refractivity contribution < 1.29 is 9.72 Å². The van der Waals surface area contributed by atoms with Gasteiger partial charge < -0.3 is 10.4 Å². The maximum Gasteiger partial charge on any atom is 0.350 e. The van der Waals surface area contributed by atoms with Crippen molar-refractivity contribution in [3.63, 3.8) is 0 Å². The molecule has 0 unspecified atom stereocenters. The van der Waals surface area contributed by atoms with E-state index in [9.17, 15) is 10.4 Å². The van der Waals surface area contributed by atoms with E-state index in [1.807, 2.05) is 6.07 Å². The lowest BCUT2D eigenvalue weighted by Crippen LogP contribution is -2.04. The van der Waals surface area contributed by atoms with E-state index in [-0.39, 0.29) is 11.4 Å². The Morgan fingerprint density at radius 3 is 2.56 bits per heavy atom. The van der Waals surface area contributed by atoms with Crippen molar-refractivity contribution in [1.82, 2.24) is 0 Å². The van der Waals surface area contributed by atoms with Gasteiger partial charge in [0.25, 0.3) is 0 Å². The van der Waals surface area contributed by atoms with Crippen molar-refractivity contribution in [2.75, 3.05) is 0 Å². The van der Waals surface area contributed by atoms with Gasteiger partial charge in [0.1, 0.15) is 5.69 Å². The first-order chi connectivity index (χ1) is 8.75. The summed E-state index contributed by atoms with van der Waals surface area (Å²) in [6, 6.07) is 13.7. The molecule has 2 aromatic rings. The number of para-hydroxylation sites is 1. The molecule has 0 aliphatic carbocycles. The molecule has 0 radical (unpaired) electrons. The summed E-state index contributed by atoms with van der Waals surface area (Å²) in [7, 11) is 0. The highest BCUT2D eigenvalue weighted by atomic mass is 16.5. The van der Waals surface area contributed by atoms with Gasteiger partial charge in [-0.1, -0.05) is 24.3 Å². The van der Waals surface area contributed by atoms with Gasteiger partial charge in [0.15, 0.2) is 0 Å². The van der Waals surface area contributed by atoms with Crippen molar-refractivity contribution in [2.24, 2.45) is 10.2 Å². The van der Waals surface area contributed by atoms with Crippen LogP contribution in [0.1, 0.15) is 0 Å². The monoisotopic (exact) mass is 240 g/mol. The Bertz CT molecular complexity index is 665. The highest BCUT2D eigenvalue weighted by Crippen LogP contribution is 2.43. The van der Waals surface area contributed by atoms with Gasteiger partial charge in [-0.25, -0.2) is 0 Å². The van der Waals surface area contributed by atoms with E-state index in [1.165, 1.54) is 6.07 Å². The number of hydrogen-bond donors (Lipinski definition) is 0. The zero-order chi connectivity index (χ0) is 12.5. The molecule has 88 valence electrons. The van der Waals surface area contributed by atoms with Crippen LogP contribution >= 0.6 is 0 Å². The smallest absolute Gasteiger partial charge is 0.350 e. The quantitative estimate of drug-likeness (QED) is 0.346. The molecule has 0 atom stereocenters. The van der Waals surface area contributed by atoms with E-state index in [4.69, 9.17) is 0 Å².